The Balaban J connectivity index is 2.46. The second kappa shape index (κ2) is 7.36. The molecule has 0 radical (unpaired) electrons. The van der Waals surface area contributed by atoms with Crippen LogP contribution in [0.2, 0.25) is 10.0 Å². The highest BCUT2D eigenvalue weighted by molar-refractivity contribution is 6.44. The van der Waals surface area contributed by atoms with E-state index < -0.39 is 5.41 Å². The Labute approximate surface area is 148 Å². The molecule has 0 heterocycles. The Morgan fingerprint density at radius 2 is 1.87 bits per heavy atom. The molecule has 2 nitrogen and oxygen atoms in total. The first-order valence-electron chi connectivity index (χ1n) is 8.40. The number of halogens is 2. The first kappa shape index (κ1) is 18.5. The van der Waals surface area contributed by atoms with Crippen molar-refractivity contribution in [3.8, 4) is 0 Å². The molecule has 1 aliphatic carbocycles. The summed E-state index contributed by atoms with van der Waals surface area (Å²) in [6, 6.07) is 2.05. The fourth-order valence-electron chi connectivity index (χ4n) is 3.71. The predicted octanol–water partition coefficient (Wildman–Crippen LogP) is 5.84. The molecule has 0 spiro atoms. The number of fused-ring (bicyclic) bond motifs is 1. The van der Waals surface area contributed by atoms with Crippen LogP contribution in [0.1, 0.15) is 74.4 Å². The van der Waals surface area contributed by atoms with Gasteiger partial charge in [-0.2, -0.15) is 0 Å². The van der Waals surface area contributed by atoms with E-state index in [0.29, 0.717) is 34.9 Å². The van der Waals surface area contributed by atoms with Gasteiger partial charge in [0.15, 0.2) is 5.78 Å². The van der Waals surface area contributed by atoms with Gasteiger partial charge in [-0.15, -0.1) is 0 Å². The summed E-state index contributed by atoms with van der Waals surface area (Å²) in [6.45, 7) is 5.75. The highest BCUT2D eigenvalue weighted by atomic mass is 35.5. The van der Waals surface area contributed by atoms with Crippen molar-refractivity contribution in [1.29, 1.82) is 0 Å². The summed E-state index contributed by atoms with van der Waals surface area (Å²) < 4.78 is 0. The lowest BCUT2D eigenvalue weighted by molar-refractivity contribution is -0.117. The zero-order valence-corrected chi connectivity index (χ0v) is 15.6. The van der Waals surface area contributed by atoms with Crippen molar-refractivity contribution in [2.24, 2.45) is 5.41 Å². The number of hydrogen-bond donors (Lipinski definition) is 0. The molecule has 126 valence electrons. The van der Waals surface area contributed by atoms with Gasteiger partial charge >= 0.3 is 0 Å². The molecule has 2 rings (SSSR count). The minimum Gasteiger partial charge on any atom is -0.300 e. The van der Waals surface area contributed by atoms with Crippen LogP contribution in [0.25, 0.3) is 0 Å². The molecule has 0 aliphatic heterocycles. The highest BCUT2D eigenvalue weighted by Gasteiger charge is 2.46. The van der Waals surface area contributed by atoms with E-state index in [-0.39, 0.29) is 11.6 Å². The summed E-state index contributed by atoms with van der Waals surface area (Å²) in [5.74, 6) is 0.200. The minimum atomic E-state index is -0.486. The smallest absolute Gasteiger partial charge is 0.171 e. The van der Waals surface area contributed by atoms with Gasteiger partial charge in [0, 0.05) is 17.4 Å². The van der Waals surface area contributed by atoms with Crippen LogP contribution < -0.4 is 0 Å². The van der Waals surface area contributed by atoms with E-state index in [1.807, 2.05) is 0 Å². The lowest BCUT2D eigenvalue weighted by atomic mass is 9.75. The number of carbonyl (C=O) groups is 2. The largest absolute Gasteiger partial charge is 0.300 e. The number of benzene rings is 1. The molecular formula is C19H24Cl2O2. The molecule has 0 aromatic heterocycles. The third-order valence-electron chi connectivity index (χ3n) is 4.80. The topological polar surface area (TPSA) is 34.1 Å². The minimum absolute atomic E-state index is 0.0746. The highest BCUT2D eigenvalue weighted by Crippen LogP contribution is 2.48. The van der Waals surface area contributed by atoms with Gasteiger partial charge in [0.25, 0.3) is 0 Å². The average Bonchev–Trinajstić information content (AvgIpc) is 2.76. The predicted molar refractivity (Wildman–Crippen MR) is 95.7 cm³/mol. The van der Waals surface area contributed by atoms with E-state index in [4.69, 9.17) is 23.2 Å². The average molecular weight is 355 g/mol. The molecule has 0 N–H and O–H groups in total. The van der Waals surface area contributed by atoms with Crippen molar-refractivity contribution in [2.75, 3.05) is 0 Å². The van der Waals surface area contributed by atoms with Gasteiger partial charge in [-0.25, -0.2) is 0 Å². The fraction of sp³-hybridized carbons (Fsp3) is 0.579. The molecule has 1 unspecified atom stereocenters. The maximum Gasteiger partial charge on any atom is 0.171 e. The van der Waals surface area contributed by atoms with Gasteiger partial charge in [0.2, 0.25) is 0 Å². The van der Waals surface area contributed by atoms with E-state index in [2.05, 4.69) is 19.9 Å². The van der Waals surface area contributed by atoms with Crippen LogP contribution in [0.5, 0.6) is 0 Å². The number of rotatable bonds is 7. The molecule has 1 aliphatic rings. The lowest BCUT2D eigenvalue weighted by Crippen LogP contribution is -2.28. The van der Waals surface area contributed by atoms with Crippen LogP contribution >= 0.6 is 23.2 Å². The van der Waals surface area contributed by atoms with Gasteiger partial charge < -0.3 is 4.79 Å². The zero-order valence-electron chi connectivity index (χ0n) is 14.1. The fourth-order valence-corrected chi connectivity index (χ4v) is 4.28. The number of ketones is 2. The van der Waals surface area contributed by atoms with Gasteiger partial charge in [0.1, 0.15) is 5.78 Å². The molecule has 0 saturated carbocycles. The van der Waals surface area contributed by atoms with Crippen molar-refractivity contribution in [3.63, 3.8) is 0 Å². The van der Waals surface area contributed by atoms with Crippen molar-refractivity contribution in [2.45, 2.75) is 65.7 Å². The van der Waals surface area contributed by atoms with Crippen molar-refractivity contribution in [3.05, 3.63) is 32.8 Å². The van der Waals surface area contributed by atoms with Crippen molar-refractivity contribution < 1.29 is 9.59 Å². The van der Waals surface area contributed by atoms with Gasteiger partial charge in [-0.05, 0) is 43.7 Å². The SMILES string of the molecule is CCCc1cc2c(c(Cl)c1Cl)C(=O)C(CCC)(CCC(C)=O)C2. The van der Waals surface area contributed by atoms with E-state index in [0.717, 1.165) is 36.8 Å². The van der Waals surface area contributed by atoms with E-state index in [1.165, 1.54) is 0 Å². The summed E-state index contributed by atoms with van der Waals surface area (Å²) in [6.07, 6.45) is 5.24. The van der Waals surface area contributed by atoms with Crippen LogP contribution in [0.15, 0.2) is 6.07 Å². The molecule has 0 fully saturated rings. The molecule has 0 bridgehead atoms. The van der Waals surface area contributed by atoms with Crippen LogP contribution in [-0.2, 0) is 17.6 Å². The Hall–Kier alpha value is -0.860. The van der Waals surface area contributed by atoms with E-state index in [9.17, 15) is 9.59 Å². The van der Waals surface area contributed by atoms with Crippen LogP contribution in [-0.4, -0.2) is 11.6 Å². The lowest BCUT2D eigenvalue weighted by Gasteiger charge is -2.26. The molecule has 1 aromatic carbocycles. The van der Waals surface area contributed by atoms with Gasteiger partial charge in [-0.3, -0.25) is 4.79 Å². The Morgan fingerprint density at radius 1 is 1.17 bits per heavy atom. The number of hydrogen-bond acceptors (Lipinski definition) is 2. The molecule has 23 heavy (non-hydrogen) atoms. The standard InChI is InChI=1S/C19H24Cl2O2/c1-4-6-13-10-14-11-19(8-5-2,9-7-12(3)22)18(23)15(14)17(21)16(13)20/h10H,4-9,11H2,1-3H3. The second-order valence-corrected chi connectivity index (χ2v) is 7.44. The Kier molecular flexibility index (Phi) is 5.91. The van der Waals surface area contributed by atoms with Crippen LogP contribution in [0, 0.1) is 5.41 Å². The number of carbonyl (C=O) groups excluding carboxylic acids is 2. The quantitative estimate of drug-likeness (QED) is 0.616. The summed E-state index contributed by atoms with van der Waals surface area (Å²) in [7, 11) is 0. The maximum atomic E-state index is 13.1. The normalized spacial score (nSPS) is 20.0. The zero-order chi connectivity index (χ0) is 17.2. The first-order chi connectivity index (χ1) is 10.9. The maximum absolute atomic E-state index is 13.1. The molecular weight excluding hydrogens is 331 g/mol. The number of Topliss-reactive ketones (excluding diaryl/α,β-unsaturated/α-hetero) is 2. The third-order valence-corrected chi connectivity index (χ3v) is 5.71. The summed E-state index contributed by atoms with van der Waals surface area (Å²) in [5, 5.41) is 0.915. The van der Waals surface area contributed by atoms with Crippen LogP contribution in [0.4, 0.5) is 0 Å². The van der Waals surface area contributed by atoms with E-state index in [1.54, 1.807) is 6.92 Å². The van der Waals surface area contributed by atoms with Crippen LogP contribution in [0.3, 0.4) is 0 Å². The molecule has 4 heteroatoms. The Bertz CT molecular complexity index is 637. The first-order valence-corrected chi connectivity index (χ1v) is 9.16. The van der Waals surface area contributed by atoms with E-state index >= 15 is 0 Å². The summed E-state index contributed by atoms with van der Waals surface area (Å²) in [4.78, 5) is 24.5. The molecule has 0 amide bonds. The molecule has 1 aromatic rings. The second-order valence-electron chi connectivity index (χ2n) is 6.69. The van der Waals surface area contributed by atoms with Gasteiger partial charge in [0.05, 0.1) is 10.0 Å². The van der Waals surface area contributed by atoms with Gasteiger partial charge in [-0.1, -0.05) is 56.0 Å². The third kappa shape index (κ3) is 3.49. The summed E-state index contributed by atoms with van der Waals surface area (Å²) in [5.41, 5.74) is 2.13. The molecule has 1 atom stereocenters. The van der Waals surface area contributed by atoms with Crippen molar-refractivity contribution in [1.82, 2.24) is 0 Å². The number of aryl methyl sites for hydroxylation is 1. The molecule has 0 saturated heterocycles. The summed E-state index contributed by atoms with van der Waals surface area (Å²) >= 11 is 12.8. The Morgan fingerprint density at radius 3 is 2.43 bits per heavy atom. The van der Waals surface area contributed by atoms with Crippen molar-refractivity contribution >= 4 is 34.8 Å². The monoisotopic (exact) mass is 354 g/mol.